The number of ether oxygens (including phenoxy) is 1. The van der Waals surface area contributed by atoms with E-state index in [1.807, 2.05) is 12.1 Å². The molecule has 1 saturated carbocycles. The van der Waals surface area contributed by atoms with Crippen LogP contribution >= 0.6 is 15.9 Å². The van der Waals surface area contributed by atoms with Crippen LogP contribution in [0.5, 0.6) is 0 Å². The van der Waals surface area contributed by atoms with Gasteiger partial charge in [-0.3, -0.25) is 0 Å². The van der Waals surface area contributed by atoms with Crippen molar-refractivity contribution in [2.75, 3.05) is 7.11 Å². The van der Waals surface area contributed by atoms with E-state index in [0.29, 0.717) is 0 Å². The normalized spacial score (nSPS) is 19.9. The summed E-state index contributed by atoms with van der Waals surface area (Å²) in [4.78, 5) is 4.49. The summed E-state index contributed by atoms with van der Waals surface area (Å²) >= 11 is 3.40. The van der Waals surface area contributed by atoms with E-state index in [1.54, 1.807) is 7.11 Å². The van der Waals surface area contributed by atoms with Gasteiger partial charge in [0.2, 0.25) is 0 Å². The fourth-order valence-corrected chi connectivity index (χ4v) is 2.52. The van der Waals surface area contributed by atoms with Gasteiger partial charge in [0.25, 0.3) is 0 Å². The predicted octanol–water partition coefficient (Wildman–Crippen LogP) is 3.26. The first-order chi connectivity index (χ1) is 6.77. The third-order valence-corrected chi connectivity index (χ3v) is 3.43. The van der Waals surface area contributed by atoms with E-state index in [2.05, 4.69) is 27.0 Å². The second kappa shape index (κ2) is 3.99. The fourth-order valence-electron chi connectivity index (χ4n) is 2.17. The Morgan fingerprint density at radius 2 is 2.07 bits per heavy atom. The van der Waals surface area contributed by atoms with Crippen molar-refractivity contribution in [3.05, 3.63) is 28.5 Å². The van der Waals surface area contributed by atoms with Gasteiger partial charge >= 0.3 is 0 Å². The van der Waals surface area contributed by atoms with Crippen molar-refractivity contribution in [1.29, 1.82) is 0 Å². The van der Waals surface area contributed by atoms with Gasteiger partial charge in [-0.15, -0.1) is 0 Å². The average Bonchev–Trinajstić information content (AvgIpc) is 2.67. The van der Waals surface area contributed by atoms with Gasteiger partial charge in [0.15, 0.2) is 0 Å². The molecule has 0 atom stereocenters. The molecular weight excluding hydrogens is 242 g/mol. The second-order valence-electron chi connectivity index (χ2n) is 3.75. The highest BCUT2D eigenvalue weighted by molar-refractivity contribution is 9.10. The zero-order valence-corrected chi connectivity index (χ0v) is 9.88. The van der Waals surface area contributed by atoms with Crippen molar-refractivity contribution in [2.24, 2.45) is 0 Å². The molecule has 1 aliphatic rings. The Hall–Kier alpha value is -0.410. The first-order valence-corrected chi connectivity index (χ1v) is 5.74. The van der Waals surface area contributed by atoms with Gasteiger partial charge in [-0.1, -0.05) is 18.9 Å². The SMILES string of the molecule is COC1(c2cccc(Br)n2)CCCC1. The molecule has 0 radical (unpaired) electrons. The number of pyridine rings is 1. The third-order valence-electron chi connectivity index (χ3n) is 2.98. The summed E-state index contributed by atoms with van der Waals surface area (Å²) in [5.41, 5.74) is 0.941. The molecule has 1 aromatic heterocycles. The highest BCUT2D eigenvalue weighted by Crippen LogP contribution is 2.40. The standard InChI is InChI=1S/C11H14BrNO/c1-14-11(7-2-3-8-11)9-5-4-6-10(12)13-9/h4-6H,2-3,7-8H2,1H3. The smallest absolute Gasteiger partial charge is 0.110 e. The Kier molecular flexibility index (Phi) is 2.88. The minimum Gasteiger partial charge on any atom is -0.372 e. The van der Waals surface area contributed by atoms with Crippen molar-refractivity contribution < 1.29 is 4.74 Å². The Labute approximate surface area is 92.8 Å². The molecule has 0 saturated heterocycles. The lowest BCUT2D eigenvalue weighted by molar-refractivity contribution is -0.0124. The van der Waals surface area contributed by atoms with Gasteiger partial charge in [-0.2, -0.15) is 0 Å². The topological polar surface area (TPSA) is 22.1 Å². The van der Waals surface area contributed by atoms with Gasteiger partial charge < -0.3 is 4.74 Å². The molecule has 14 heavy (non-hydrogen) atoms. The number of halogens is 1. The molecular formula is C11H14BrNO. The lowest BCUT2D eigenvalue weighted by atomic mass is 9.97. The highest BCUT2D eigenvalue weighted by atomic mass is 79.9. The zero-order valence-electron chi connectivity index (χ0n) is 8.29. The lowest BCUT2D eigenvalue weighted by Gasteiger charge is -2.26. The molecule has 1 aliphatic carbocycles. The van der Waals surface area contributed by atoms with Crippen LogP contribution in [0.25, 0.3) is 0 Å². The zero-order chi connectivity index (χ0) is 10.0. The minimum atomic E-state index is -0.121. The average molecular weight is 256 g/mol. The third kappa shape index (κ3) is 1.71. The summed E-state index contributed by atoms with van der Waals surface area (Å²) in [6, 6.07) is 6.02. The molecule has 0 bridgehead atoms. The maximum absolute atomic E-state index is 5.66. The lowest BCUT2D eigenvalue weighted by Crippen LogP contribution is -2.25. The van der Waals surface area contributed by atoms with Gasteiger partial charge in [-0.25, -0.2) is 4.98 Å². The van der Waals surface area contributed by atoms with Crippen LogP contribution in [-0.2, 0) is 10.3 Å². The molecule has 1 fully saturated rings. The van der Waals surface area contributed by atoms with Crippen molar-refractivity contribution in [3.63, 3.8) is 0 Å². The first kappa shape index (κ1) is 10.1. The molecule has 1 heterocycles. The van der Waals surface area contributed by atoms with Crippen LogP contribution < -0.4 is 0 Å². The summed E-state index contributed by atoms with van der Waals surface area (Å²) in [5, 5.41) is 0. The van der Waals surface area contributed by atoms with Gasteiger partial charge in [0.1, 0.15) is 10.2 Å². The van der Waals surface area contributed by atoms with Crippen LogP contribution in [0, 0.1) is 0 Å². The van der Waals surface area contributed by atoms with Crippen LogP contribution in [0.3, 0.4) is 0 Å². The van der Waals surface area contributed by atoms with Crippen molar-refractivity contribution in [2.45, 2.75) is 31.3 Å². The minimum absolute atomic E-state index is 0.121. The summed E-state index contributed by atoms with van der Waals surface area (Å²) in [5.74, 6) is 0. The maximum atomic E-state index is 5.66. The summed E-state index contributed by atoms with van der Waals surface area (Å²) in [6.45, 7) is 0. The number of hydrogen-bond acceptors (Lipinski definition) is 2. The summed E-state index contributed by atoms with van der Waals surface area (Å²) < 4.78 is 6.54. The fraction of sp³-hybridized carbons (Fsp3) is 0.545. The molecule has 0 spiro atoms. The molecule has 76 valence electrons. The van der Waals surface area contributed by atoms with E-state index < -0.39 is 0 Å². The van der Waals surface area contributed by atoms with E-state index in [9.17, 15) is 0 Å². The van der Waals surface area contributed by atoms with Gasteiger partial charge in [0.05, 0.1) is 5.69 Å². The van der Waals surface area contributed by atoms with E-state index in [-0.39, 0.29) is 5.60 Å². The molecule has 1 aromatic rings. The molecule has 3 heteroatoms. The van der Waals surface area contributed by atoms with Crippen LogP contribution in [0.4, 0.5) is 0 Å². The van der Waals surface area contributed by atoms with E-state index >= 15 is 0 Å². The Morgan fingerprint density at radius 1 is 1.36 bits per heavy atom. The van der Waals surface area contributed by atoms with Crippen molar-refractivity contribution in [3.8, 4) is 0 Å². The van der Waals surface area contributed by atoms with Crippen LogP contribution in [-0.4, -0.2) is 12.1 Å². The van der Waals surface area contributed by atoms with E-state index in [1.165, 1.54) is 12.8 Å². The van der Waals surface area contributed by atoms with Crippen LogP contribution in [0.2, 0.25) is 0 Å². The number of nitrogens with zero attached hydrogens (tertiary/aromatic N) is 1. The Morgan fingerprint density at radius 3 is 2.64 bits per heavy atom. The Bertz CT molecular complexity index is 321. The van der Waals surface area contributed by atoms with E-state index in [0.717, 1.165) is 23.1 Å². The molecule has 0 aromatic carbocycles. The molecule has 2 nitrogen and oxygen atoms in total. The summed E-state index contributed by atoms with van der Waals surface area (Å²) in [7, 11) is 1.79. The predicted molar refractivity (Wildman–Crippen MR) is 59.1 cm³/mol. The number of methoxy groups -OCH3 is 1. The van der Waals surface area contributed by atoms with Crippen LogP contribution in [0.1, 0.15) is 31.4 Å². The molecule has 0 aliphatic heterocycles. The van der Waals surface area contributed by atoms with E-state index in [4.69, 9.17) is 4.74 Å². The second-order valence-corrected chi connectivity index (χ2v) is 4.56. The number of rotatable bonds is 2. The maximum Gasteiger partial charge on any atom is 0.110 e. The van der Waals surface area contributed by atoms with Gasteiger partial charge in [0, 0.05) is 7.11 Å². The molecule has 0 amide bonds. The van der Waals surface area contributed by atoms with Gasteiger partial charge in [-0.05, 0) is 40.9 Å². The monoisotopic (exact) mass is 255 g/mol. The molecule has 0 N–H and O–H groups in total. The quantitative estimate of drug-likeness (QED) is 0.758. The van der Waals surface area contributed by atoms with Crippen molar-refractivity contribution >= 4 is 15.9 Å². The largest absolute Gasteiger partial charge is 0.372 e. The first-order valence-electron chi connectivity index (χ1n) is 4.95. The molecule has 0 unspecified atom stereocenters. The molecule has 2 rings (SSSR count). The van der Waals surface area contributed by atoms with Crippen LogP contribution in [0.15, 0.2) is 22.8 Å². The van der Waals surface area contributed by atoms with Crippen molar-refractivity contribution in [1.82, 2.24) is 4.98 Å². The Balaban J connectivity index is 2.35. The highest BCUT2D eigenvalue weighted by Gasteiger charge is 2.36. The number of hydrogen-bond donors (Lipinski definition) is 0. The summed E-state index contributed by atoms with van der Waals surface area (Å²) in [6.07, 6.45) is 4.66. The number of aromatic nitrogens is 1.